The van der Waals surface area contributed by atoms with Crippen LogP contribution in [0.3, 0.4) is 0 Å². The zero-order chi connectivity index (χ0) is 17.2. The van der Waals surface area contributed by atoms with E-state index in [1.165, 1.54) is 11.1 Å². The van der Waals surface area contributed by atoms with Crippen LogP contribution in [0.2, 0.25) is 0 Å². The lowest BCUT2D eigenvalue weighted by atomic mass is 9.96. The number of methoxy groups -OCH3 is 1. The van der Waals surface area contributed by atoms with Gasteiger partial charge in [-0.3, -0.25) is 0 Å². The summed E-state index contributed by atoms with van der Waals surface area (Å²) >= 11 is 0. The number of ether oxygens (including phenoxy) is 1. The summed E-state index contributed by atoms with van der Waals surface area (Å²) in [6.45, 7) is 7.60. The molecule has 0 amide bonds. The maximum atomic E-state index is 5.26. The monoisotopic (exact) mass is 325 g/mol. The molecular formula is C18H23N5O. The number of hydrogen-bond acceptors (Lipinski definition) is 5. The van der Waals surface area contributed by atoms with Crippen molar-refractivity contribution in [2.24, 2.45) is 0 Å². The van der Waals surface area contributed by atoms with Crippen molar-refractivity contribution >= 4 is 11.5 Å². The van der Waals surface area contributed by atoms with Crippen molar-refractivity contribution < 1.29 is 4.74 Å². The lowest BCUT2D eigenvalue weighted by Gasteiger charge is -2.15. The molecule has 1 aromatic carbocycles. The molecule has 0 unspecified atom stereocenters. The highest BCUT2D eigenvalue weighted by Crippen LogP contribution is 2.21. The number of hydrogen-bond donors (Lipinski definition) is 1. The van der Waals surface area contributed by atoms with Crippen LogP contribution in [0, 0.1) is 0 Å². The molecule has 0 atom stereocenters. The number of aromatic nitrogens is 4. The van der Waals surface area contributed by atoms with E-state index in [2.05, 4.69) is 53.5 Å². The Labute approximate surface area is 141 Å². The Morgan fingerprint density at radius 1 is 1.04 bits per heavy atom. The summed E-state index contributed by atoms with van der Waals surface area (Å²) in [5.74, 6) is 1.64. The van der Waals surface area contributed by atoms with E-state index in [9.17, 15) is 0 Å². The van der Waals surface area contributed by atoms with Crippen molar-refractivity contribution in [1.82, 2.24) is 19.8 Å². The Morgan fingerprint density at radius 2 is 1.79 bits per heavy atom. The van der Waals surface area contributed by atoms with Gasteiger partial charge < -0.3 is 10.1 Å². The van der Waals surface area contributed by atoms with Gasteiger partial charge in [0, 0.05) is 19.1 Å². The van der Waals surface area contributed by atoms with E-state index in [-0.39, 0.29) is 5.41 Å². The fourth-order valence-electron chi connectivity index (χ4n) is 2.56. The van der Waals surface area contributed by atoms with E-state index in [0.29, 0.717) is 13.2 Å². The molecule has 0 radical (unpaired) electrons. The first-order valence-electron chi connectivity index (χ1n) is 8.01. The van der Waals surface area contributed by atoms with Crippen molar-refractivity contribution in [2.75, 3.05) is 12.4 Å². The summed E-state index contributed by atoms with van der Waals surface area (Å²) in [5, 5.41) is 16.5. The van der Waals surface area contributed by atoms with Crippen molar-refractivity contribution in [2.45, 2.75) is 39.3 Å². The Kier molecular flexibility index (Phi) is 4.49. The highest BCUT2D eigenvalue weighted by molar-refractivity contribution is 5.45. The SMILES string of the molecule is COCc1ccccc1CNc1ccc2nnc(C(C)(C)C)n2n1. The van der Waals surface area contributed by atoms with E-state index < -0.39 is 0 Å². The molecule has 3 aromatic rings. The lowest BCUT2D eigenvalue weighted by molar-refractivity contribution is 0.184. The van der Waals surface area contributed by atoms with Crippen LogP contribution in [0.15, 0.2) is 36.4 Å². The molecule has 0 bridgehead atoms. The molecule has 0 aliphatic rings. The average Bonchev–Trinajstić information content (AvgIpc) is 2.97. The van der Waals surface area contributed by atoms with Crippen LogP contribution in [0.1, 0.15) is 37.7 Å². The molecule has 0 aliphatic carbocycles. The second kappa shape index (κ2) is 6.57. The fraction of sp³-hybridized carbons (Fsp3) is 0.389. The first kappa shape index (κ1) is 16.4. The van der Waals surface area contributed by atoms with Gasteiger partial charge in [0.15, 0.2) is 11.5 Å². The summed E-state index contributed by atoms with van der Waals surface area (Å²) in [6.07, 6.45) is 0. The maximum Gasteiger partial charge on any atom is 0.178 e. The van der Waals surface area contributed by atoms with Crippen molar-refractivity contribution in [3.63, 3.8) is 0 Å². The molecule has 6 heteroatoms. The van der Waals surface area contributed by atoms with Gasteiger partial charge in [0.2, 0.25) is 0 Å². The van der Waals surface area contributed by atoms with Gasteiger partial charge in [-0.25, -0.2) is 0 Å². The molecule has 126 valence electrons. The van der Waals surface area contributed by atoms with Crippen LogP contribution in [0.5, 0.6) is 0 Å². The van der Waals surface area contributed by atoms with E-state index in [1.807, 2.05) is 28.8 Å². The van der Waals surface area contributed by atoms with Crippen molar-refractivity contribution in [1.29, 1.82) is 0 Å². The number of nitrogens with zero attached hydrogens (tertiary/aromatic N) is 4. The Hall–Kier alpha value is -2.47. The summed E-state index contributed by atoms with van der Waals surface area (Å²) in [6, 6.07) is 12.1. The summed E-state index contributed by atoms with van der Waals surface area (Å²) in [4.78, 5) is 0. The highest BCUT2D eigenvalue weighted by Gasteiger charge is 2.21. The molecular weight excluding hydrogens is 302 g/mol. The number of benzene rings is 1. The number of nitrogens with one attached hydrogen (secondary N) is 1. The van der Waals surface area contributed by atoms with Crippen LogP contribution in [0.25, 0.3) is 5.65 Å². The third-order valence-electron chi connectivity index (χ3n) is 3.81. The fourth-order valence-corrected chi connectivity index (χ4v) is 2.56. The molecule has 24 heavy (non-hydrogen) atoms. The first-order chi connectivity index (χ1) is 11.5. The molecule has 2 heterocycles. The van der Waals surface area contributed by atoms with Crippen LogP contribution in [-0.2, 0) is 23.3 Å². The van der Waals surface area contributed by atoms with Crippen molar-refractivity contribution in [3.8, 4) is 0 Å². The van der Waals surface area contributed by atoms with Gasteiger partial charge in [-0.1, -0.05) is 45.0 Å². The topological polar surface area (TPSA) is 64.3 Å². The van der Waals surface area contributed by atoms with Gasteiger partial charge in [0.05, 0.1) is 6.61 Å². The maximum absolute atomic E-state index is 5.26. The number of anilines is 1. The Morgan fingerprint density at radius 3 is 2.50 bits per heavy atom. The molecule has 0 saturated carbocycles. The molecule has 6 nitrogen and oxygen atoms in total. The average molecular weight is 325 g/mol. The Bertz CT molecular complexity index is 835. The molecule has 2 aromatic heterocycles. The third kappa shape index (κ3) is 3.38. The molecule has 3 rings (SSSR count). The van der Waals surface area contributed by atoms with E-state index in [0.717, 1.165) is 17.3 Å². The van der Waals surface area contributed by atoms with Crippen LogP contribution in [-0.4, -0.2) is 26.9 Å². The van der Waals surface area contributed by atoms with Gasteiger partial charge in [0.1, 0.15) is 5.82 Å². The van der Waals surface area contributed by atoms with E-state index >= 15 is 0 Å². The predicted molar refractivity (Wildman–Crippen MR) is 94.0 cm³/mol. The summed E-state index contributed by atoms with van der Waals surface area (Å²) in [7, 11) is 1.71. The minimum absolute atomic E-state index is 0.115. The van der Waals surface area contributed by atoms with Gasteiger partial charge in [-0.05, 0) is 23.3 Å². The van der Waals surface area contributed by atoms with Gasteiger partial charge in [0.25, 0.3) is 0 Å². The lowest BCUT2D eigenvalue weighted by Crippen LogP contribution is -2.17. The second-order valence-electron chi connectivity index (χ2n) is 6.82. The smallest absolute Gasteiger partial charge is 0.178 e. The number of rotatable bonds is 5. The highest BCUT2D eigenvalue weighted by atomic mass is 16.5. The Balaban J connectivity index is 1.83. The molecule has 1 N–H and O–H groups in total. The molecule has 0 fully saturated rings. The summed E-state index contributed by atoms with van der Waals surface area (Å²) < 4.78 is 7.07. The molecule has 0 spiro atoms. The predicted octanol–water partition coefficient (Wildman–Crippen LogP) is 3.18. The normalized spacial score (nSPS) is 11.8. The zero-order valence-corrected chi connectivity index (χ0v) is 14.6. The standard InChI is InChI=1S/C18H23N5O/c1-18(2,3)17-21-20-16-10-9-15(22-23(16)17)19-11-13-7-5-6-8-14(13)12-24-4/h5-10H,11-12H2,1-4H3,(H,19,22). The quantitative estimate of drug-likeness (QED) is 0.780. The zero-order valence-electron chi connectivity index (χ0n) is 14.6. The third-order valence-corrected chi connectivity index (χ3v) is 3.81. The number of fused-ring (bicyclic) bond motifs is 1. The minimum Gasteiger partial charge on any atom is -0.380 e. The first-order valence-corrected chi connectivity index (χ1v) is 8.01. The van der Waals surface area contributed by atoms with Gasteiger partial charge in [-0.2, -0.15) is 4.52 Å². The van der Waals surface area contributed by atoms with Crippen molar-refractivity contribution in [3.05, 3.63) is 53.3 Å². The van der Waals surface area contributed by atoms with Gasteiger partial charge >= 0.3 is 0 Å². The van der Waals surface area contributed by atoms with Crippen LogP contribution in [0.4, 0.5) is 5.82 Å². The molecule has 0 saturated heterocycles. The minimum atomic E-state index is -0.115. The van der Waals surface area contributed by atoms with Gasteiger partial charge in [-0.15, -0.1) is 15.3 Å². The van der Waals surface area contributed by atoms with E-state index in [1.54, 1.807) is 7.11 Å². The second-order valence-corrected chi connectivity index (χ2v) is 6.82. The molecule has 0 aliphatic heterocycles. The summed E-state index contributed by atoms with van der Waals surface area (Å²) in [5.41, 5.74) is 3.01. The van der Waals surface area contributed by atoms with Crippen LogP contribution >= 0.6 is 0 Å². The largest absolute Gasteiger partial charge is 0.380 e. The van der Waals surface area contributed by atoms with E-state index in [4.69, 9.17) is 4.74 Å². The van der Waals surface area contributed by atoms with Crippen LogP contribution < -0.4 is 5.32 Å².